The molecular weight excluding hydrogens is 737 g/mol. The van der Waals surface area contributed by atoms with Crippen molar-refractivity contribution in [2.75, 3.05) is 83.8 Å². The summed E-state index contributed by atoms with van der Waals surface area (Å²) in [5.74, 6) is 1.04. The number of hydrogen-bond acceptors (Lipinski definition) is 12. The highest BCUT2D eigenvalue weighted by atomic mass is 33.1. The molecule has 0 rings (SSSR count). The summed E-state index contributed by atoms with van der Waals surface area (Å²) in [6.45, 7) is 17.4. The van der Waals surface area contributed by atoms with Gasteiger partial charge in [0.2, 0.25) is 0 Å². The summed E-state index contributed by atoms with van der Waals surface area (Å²) in [7, 11) is 3.65. The number of nitrogens with zero attached hydrogens (tertiary/aromatic N) is 2. The molecule has 12 heteroatoms. The monoisotopic (exact) mass is 821 g/mol. The van der Waals surface area contributed by atoms with Crippen LogP contribution in [0.25, 0.3) is 0 Å². The summed E-state index contributed by atoms with van der Waals surface area (Å²) in [6.07, 6.45) is 21.3. The van der Waals surface area contributed by atoms with Crippen molar-refractivity contribution in [3.63, 3.8) is 0 Å². The highest BCUT2D eigenvalue weighted by Gasteiger charge is 2.15. The third-order valence-electron chi connectivity index (χ3n) is 9.50. The summed E-state index contributed by atoms with van der Waals surface area (Å²) in [5.41, 5.74) is 0. The first-order valence-corrected chi connectivity index (χ1v) is 24.8. The minimum atomic E-state index is -0.414. The minimum absolute atomic E-state index is 0.0135. The Kier molecular flexibility index (Phi) is 41.7. The van der Waals surface area contributed by atoms with E-state index < -0.39 is 6.29 Å². The van der Waals surface area contributed by atoms with E-state index in [2.05, 4.69) is 44.4 Å². The lowest BCUT2D eigenvalue weighted by molar-refractivity contribution is -0.161. The van der Waals surface area contributed by atoms with Crippen molar-refractivity contribution in [1.29, 1.82) is 0 Å². The molecule has 0 bridgehead atoms. The molecule has 55 heavy (non-hydrogen) atoms. The highest BCUT2D eigenvalue weighted by molar-refractivity contribution is 8.76. The molecule has 0 amide bonds. The van der Waals surface area contributed by atoms with E-state index in [1.165, 1.54) is 77.0 Å². The lowest BCUT2D eigenvalue weighted by Gasteiger charge is -2.24. The molecule has 0 radical (unpaired) electrons. The predicted molar refractivity (Wildman–Crippen MR) is 232 cm³/mol. The normalized spacial score (nSPS) is 11.6. The molecule has 0 saturated carbocycles. The Morgan fingerprint density at radius 3 is 1.40 bits per heavy atom. The molecule has 0 atom stereocenters. The number of ether oxygens (including phenoxy) is 5. The van der Waals surface area contributed by atoms with E-state index in [4.69, 9.17) is 23.7 Å². The second kappa shape index (κ2) is 42.6. The van der Waals surface area contributed by atoms with Gasteiger partial charge in [0, 0.05) is 44.2 Å². The summed E-state index contributed by atoms with van der Waals surface area (Å²) >= 11 is 0. The number of carbonyl (C=O) groups is 3. The van der Waals surface area contributed by atoms with Gasteiger partial charge in [0.05, 0.1) is 19.3 Å². The van der Waals surface area contributed by atoms with E-state index in [1.807, 2.05) is 10.8 Å². The van der Waals surface area contributed by atoms with Gasteiger partial charge >= 0.3 is 17.9 Å². The van der Waals surface area contributed by atoms with Gasteiger partial charge in [0.15, 0.2) is 6.29 Å². The second-order valence-corrected chi connectivity index (χ2v) is 17.0. The Labute approximate surface area is 345 Å². The predicted octanol–water partition coefficient (Wildman–Crippen LogP) is 10.3. The van der Waals surface area contributed by atoms with Crippen LogP contribution in [0.5, 0.6) is 0 Å². The Hall–Kier alpha value is -1.05. The number of esters is 3. The molecule has 0 unspecified atom stereocenters. The SMILES string of the molecule is CCCCCCCCCCSSCCOC(=O)CCN(CCCN(CC)CC)CCC(=O)OCCOC(=O)CCC(OCCCCCC)OCCCCCC. The maximum Gasteiger partial charge on any atom is 0.307 e. The Morgan fingerprint density at radius 1 is 0.436 bits per heavy atom. The summed E-state index contributed by atoms with van der Waals surface area (Å²) in [4.78, 5) is 42.0. The first-order chi connectivity index (χ1) is 26.9. The van der Waals surface area contributed by atoms with Crippen LogP contribution < -0.4 is 0 Å². The molecular formula is C43H84N2O8S2. The van der Waals surface area contributed by atoms with Crippen molar-refractivity contribution < 1.29 is 38.1 Å². The number of rotatable bonds is 43. The average Bonchev–Trinajstić information content (AvgIpc) is 3.19. The number of carbonyl (C=O) groups excluding carboxylic acids is 3. The zero-order valence-corrected chi connectivity index (χ0v) is 37.7. The van der Waals surface area contributed by atoms with Gasteiger partial charge in [-0.1, -0.05) is 140 Å². The molecule has 0 saturated heterocycles. The number of hydrogen-bond donors (Lipinski definition) is 0. The fourth-order valence-corrected chi connectivity index (χ4v) is 7.93. The van der Waals surface area contributed by atoms with E-state index in [1.54, 1.807) is 10.8 Å². The van der Waals surface area contributed by atoms with Gasteiger partial charge in [-0.25, -0.2) is 0 Å². The van der Waals surface area contributed by atoms with Crippen molar-refractivity contribution in [3.05, 3.63) is 0 Å². The third-order valence-corrected chi connectivity index (χ3v) is 12.0. The van der Waals surface area contributed by atoms with Crippen LogP contribution in [-0.4, -0.2) is 118 Å². The van der Waals surface area contributed by atoms with Crippen LogP contribution in [0.4, 0.5) is 0 Å². The van der Waals surface area contributed by atoms with E-state index in [0.717, 1.165) is 69.8 Å². The molecule has 0 N–H and O–H groups in total. The lowest BCUT2D eigenvalue weighted by Crippen LogP contribution is -2.33. The third kappa shape index (κ3) is 38.2. The van der Waals surface area contributed by atoms with Crippen LogP contribution in [0, 0.1) is 0 Å². The zero-order chi connectivity index (χ0) is 40.5. The summed E-state index contributed by atoms with van der Waals surface area (Å²) in [6, 6.07) is 0. The molecule has 0 aliphatic carbocycles. The molecule has 0 aromatic heterocycles. The van der Waals surface area contributed by atoms with Gasteiger partial charge in [-0.3, -0.25) is 14.4 Å². The van der Waals surface area contributed by atoms with Crippen molar-refractivity contribution in [2.45, 2.75) is 176 Å². The van der Waals surface area contributed by atoms with Crippen LogP contribution >= 0.6 is 21.6 Å². The standard InChI is InChI=1S/C43H84N2O8S2/c1-6-11-14-17-18-19-20-23-38-54-55-39-37-51-42(48)28-32-45(30-24-29-44(9-4)10-5)31-27-41(47)50-36-35-49-40(46)25-26-43(52-33-21-15-12-7-2)53-34-22-16-13-8-3/h43H,6-39H2,1-5H3. The van der Waals surface area contributed by atoms with Crippen LogP contribution in [-0.2, 0) is 38.1 Å². The Bertz CT molecular complexity index is 855. The topological polar surface area (TPSA) is 104 Å². The van der Waals surface area contributed by atoms with Crippen molar-refractivity contribution in [1.82, 2.24) is 9.80 Å². The molecule has 0 spiro atoms. The van der Waals surface area contributed by atoms with Crippen LogP contribution in [0.15, 0.2) is 0 Å². The first kappa shape index (κ1) is 53.9. The fraction of sp³-hybridized carbons (Fsp3) is 0.930. The van der Waals surface area contributed by atoms with Gasteiger partial charge in [0.25, 0.3) is 0 Å². The molecule has 10 nitrogen and oxygen atoms in total. The number of unbranched alkanes of at least 4 members (excludes halogenated alkanes) is 13. The van der Waals surface area contributed by atoms with E-state index >= 15 is 0 Å². The molecule has 0 aliphatic rings. The molecule has 326 valence electrons. The second-order valence-electron chi connectivity index (χ2n) is 14.3. The molecule has 0 heterocycles. The maximum absolute atomic E-state index is 12.6. The minimum Gasteiger partial charge on any atom is -0.465 e. The largest absolute Gasteiger partial charge is 0.465 e. The Morgan fingerprint density at radius 2 is 0.873 bits per heavy atom. The van der Waals surface area contributed by atoms with Crippen LogP contribution in [0.2, 0.25) is 0 Å². The van der Waals surface area contributed by atoms with Crippen LogP contribution in [0.1, 0.15) is 169 Å². The van der Waals surface area contributed by atoms with E-state index in [9.17, 15) is 14.4 Å². The zero-order valence-electron chi connectivity index (χ0n) is 36.1. The molecule has 0 aromatic carbocycles. The van der Waals surface area contributed by atoms with Gasteiger partial charge in [-0.05, 0) is 51.9 Å². The summed E-state index contributed by atoms with van der Waals surface area (Å²) in [5, 5.41) is 0. The van der Waals surface area contributed by atoms with Gasteiger partial charge in [0.1, 0.15) is 19.8 Å². The highest BCUT2D eigenvalue weighted by Crippen LogP contribution is 2.23. The van der Waals surface area contributed by atoms with Crippen molar-refractivity contribution in [3.8, 4) is 0 Å². The fourth-order valence-electron chi connectivity index (χ4n) is 5.96. The molecule has 0 fully saturated rings. The van der Waals surface area contributed by atoms with Gasteiger partial charge < -0.3 is 33.5 Å². The summed E-state index contributed by atoms with van der Waals surface area (Å²) < 4.78 is 28.1. The van der Waals surface area contributed by atoms with Crippen molar-refractivity contribution >= 4 is 39.5 Å². The molecule has 0 aliphatic heterocycles. The average molecular weight is 821 g/mol. The first-order valence-electron chi connectivity index (χ1n) is 22.3. The molecule has 0 aromatic rings. The van der Waals surface area contributed by atoms with Crippen LogP contribution in [0.3, 0.4) is 0 Å². The van der Waals surface area contributed by atoms with Gasteiger partial charge in [-0.15, -0.1) is 0 Å². The quantitative estimate of drug-likeness (QED) is 0.0192. The van der Waals surface area contributed by atoms with Crippen molar-refractivity contribution in [2.24, 2.45) is 0 Å². The van der Waals surface area contributed by atoms with Gasteiger partial charge in [-0.2, -0.15) is 0 Å². The lowest BCUT2D eigenvalue weighted by atomic mass is 10.1. The Balaban J connectivity index is 4.40. The maximum atomic E-state index is 12.6. The van der Waals surface area contributed by atoms with E-state index in [0.29, 0.717) is 45.8 Å². The smallest absolute Gasteiger partial charge is 0.307 e. The van der Waals surface area contributed by atoms with E-state index in [-0.39, 0.29) is 44.0 Å².